The number of nitrogens with two attached hydrogens (primary N) is 1. The quantitative estimate of drug-likeness (QED) is 0.245. The van der Waals surface area contributed by atoms with Crippen LogP contribution in [0.3, 0.4) is 0 Å². The largest absolute Gasteiger partial charge is 0.496 e. The molecule has 1 aliphatic carbocycles. The van der Waals surface area contributed by atoms with Crippen molar-refractivity contribution in [3.8, 4) is 16.9 Å². The van der Waals surface area contributed by atoms with Gasteiger partial charge in [0.1, 0.15) is 16.4 Å². The van der Waals surface area contributed by atoms with E-state index in [0.717, 1.165) is 42.4 Å². The Morgan fingerprint density at radius 2 is 1.77 bits per heavy atom. The molecule has 0 saturated heterocycles. The third-order valence-corrected chi connectivity index (χ3v) is 9.36. The lowest BCUT2D eigenvalue weighted by molar-refractivity contribution is 0.0604. The monoisotopic (exact) mass is 579 g/mol. The number of carbonyl (C=O) groups excluding carboxylic acids is 2. The molecule has 1 heterocycles. The number of halogens is 2. The molecule has 1 aliphatic rings. The lowest BCUT2D eigenvalue weighted by Crippen LogP contribution is -2.44. The first-order valence-electron chi connectivity index (χ1n) is 13.2. The number of methoxy groups -OCH3 is 1. The molecule has 1 aromatic heterocycles. The summed E-state index contributed by atoms with van der Waals surface area (Å²) in [5.74, 6) is -0.469. The summed E-state index contributed by atoms with van der Waals surface area (Å²) in [6.45, 7) is 0.303. The summed E-state index contributed by atoms with van der Waals surface area (Å²) < 4.78 is 21.0. The molecule has 208 valence electrons. The van der Waals surface area contributed by atoms with Gasteiger partial charge in [-0.2, -0.15) is 0 Å². The number of fused-ring (bicyclic) bond motifs is 1. The Balaban J connectivity index is 1.53. The topological polar surface area (TPSA) is 84.7 Å². The third kappa shape index (κ3) is 5.57. The van der Waals surface area contributed by atoms with Gasteiger partial charge in [0.2, 0.25) is 5.91 Å². The summed E-state index contributed by atoms with van der Waals surface area (Å²) in [5.41, 5.74) is 8.50. The van der Waals surface area contributed by atoms with Gasteiger partial charge in [-0.15, -0.1) is 11.3 Å². The highest BCUT2D eigenvalue weighted by Gasteiger charge is 2.32. The molecule has 2 amide bonds. The van der Waals surface area contributed by atoms with Gasteiger partial charge in [-0.3, -0.25) is 9.59 Å². The molecule has 3 N–H and O–H groups in total. The van der Waals surface area contributed by atoms with Crippen LogP contribution in [0.2, 0.25) is 5.02 Å². The Labute approximate surface area is 241 Å². The molecule has 0 atom stereocenters. The first-order valence-corrected chi connectivity index (χ1v) is 14.4. The summed E-state index contributed by atoms with van der Waals surface area (Å²) >= 11 is 7.87. The Morgan fingerprint density at radius 1 is 1.07 bits per heavy atom. The molecule has 4 aromatic rings. The van der Waals surface area contributed by atoms with E-state index < -0.39 is 11.7 Å². The summed E-state index contributed by atoms with van der Waals surface area (Å²) in [7, 11) is 3.57. The predicted octanol–water partition coefficient (Wildman–Crippen LogP) is 6.64. The Bertz CT molecular complexity index is 1550. The number of ether oxygens (including phenoxy) is 1. The highest BCUT2D eigenvalue weighted by molar-refractivity contribution is 7.21. The molecular weight excluding hydrogens is 549 g/mol. The molecule has 6 nitrogen and oxygen atoms in total. The molecule has 0 unspecified atom stereocenters. The zero-order valence-corrected chi connectivity index (χ0v) is 23.9. The molecular formula is C31H31ClFN3O3S. The minimum absolute atomic E-state index is 0.00793. The first kappa shape index (κ1) is 28.1. The number of hydrogen-bond donors (Lipinski definition) is 2. The second-order valence-electron chi connectivity index (χ2n) is 10.1. The van der Waals surface area contributed by atoms with Crippen LogP contribution in [-0.4, -0.2) is 43.0 Å². The van der Waals surface area contributed by atoms with Crippen molar-refractivity contribution in [1.29, 1.82) is 0 Å². The Kier molecular flexibility index (Phi) is 8.40. The van der Waals surface area contributed by atoms with Crippen molar-refractivity contribution in [2.24, 2.45) is 5.73 Å². The number of nitrogens with one attached hydrogen (secondary N) is 1. The van der Waals surface area contributed by atoms with Crippen LogP contribution in [0.5, 0.6) is 5.75 Å². The summed E-state index contributed by atoms with van der Waals surface area (Å²) in [6, 6.07) is 18.1. The Morgan fingerprint density at radius 3 is 2.40 bits per heavy atom. The molecule has 0 aliphatic heterocycles. The highest BCUT2D eigenvalue weighted by atomic mass is 35.5. The fourth-order valence-electron chi connectivity index (χ4n) is 5.47. The number of rotatable bonds is 8. The zero-order chi connectivity index (χ0) is 28.4. The van der Waals surface area contributed by atoms with Gasteiger partial charge in [-0.25, -0.2) is 4.39 Å². The number of benzene rings is 3. The van der Waals surface area contributed by atoms with Gasteiger partial charge in [0.25, 0.3) is 5.91 Å². The number of amides is 2. The van der Waals surface area contributed by atoms with Gasteiger partial charge in [0.05, 0.1) is 12.1 Å². The van der Waals surface area contributed by atoms with Crippen molar-refractivity contribution in [1.82, 2.24) is 10.2 Å². The van der Waals surface area contributed by atoms with E-state index in [1.54, 1.807) is 31.4 Å². The van der Waals surface area contributed by atoms with Gasteiger partial charge < -0.3 is 20.7 Å². The van der Waals surface area contributed by atoms with Gasteiger partial charge in [0, 0.05) is 39.8 Å². The van der Waals surface area contributed by atoms with Crippen molar-refractivity contribution >= 4 is 44.8 Å². The molecule has 9 heteroatoms. The van der Waals surface area contributed by atoms with Crippen LogP contribution in [-0.2, 0) is 6.54 Å². The average Bonchev–Trinajstić information content (AvgIpc) is 3.32. The fourth-order valence-corrected chi connectivity index (χ4v) is 6.98. The normalized spacial score (nSPS) is 17.1. The maximum Gasteiger partial charge on any atom is 0.266 e. The van der Waals surface area contributed by atoms with Crippen molar-refractivity contribution in [2.75, 3.05) is 14.2 Å². The fraction of sp³-hybridized carbons (Fsp3) is 0.290. The summed E-state index contributed by atoms with van der Waals surface area (Å²) in [4.78, 5) is 27.9. The van der Waals surface area contributed by atoms with Crippen LogP contribution in [0.15, 0.2) is 60.7 Å². The number of thiophene rings is 1. The van der Waals surface area contributed by atoms with Crippen LogP contribution < -0.4 is 15.8 Å². The first-order chi connectivity index (χ1) is 19.3. The molecule has 0 spiro atoms. The maximum atomic E-state index is 14.6. The van der Waals surface area contributed by atoms with Gasteiger partial charge in [-0.1, -0.05) is 35.9 Å². The second kappa shape index (κ2) is 12.0. The van der Waals surface area contributed by atoms with Gasteiger partial charge in [0.15, 0.2) is 0 Å². The number of primary amides is 1. The van der Waals surface area contributed by atoms with Crippen LogP contribution in [0.25, 0.3) is 21.2 Å². The SMILES string of the molecule is CN[C@H]1CC[C@H](N(Cc2cc(-c3ccc(C(N)=O)cc3)ccc2OC)C(=O)c2sc3cccc(F)c3c2Cl)CC1. The van der Waals surface area contributed by atoms with Crippen molar-refractivity contribution in [2.45, 2.75) is 44.3 Å². The van der Waals surface area contributed by atoms with E-state index in [0.29, 0.717) is 33.5 Å². The number of nitrogens with zero attached hydrogens (tertiary/aromatic N) is 1. The molecule has 5 rings (SSSR count). The predicted molar refractivity (Wildman–Crippen MR) is 159 cm³/mol. The van der Waals surface area contributed by atoms with E-state index in [-0.39, 0.29) is 22.4 Å². The van der Waals surface area contributed by atoms with Crippen LogP contribution >= 0.6 is 22.9 Å². The van der Waals surface area contributed by atoms with Crippen LogP contribution in [0, 0.1) is 5.82 Å². The maximum absolute atomic E-state index is 14.6. The van der Waals surface area contributed by atoms with Crippen molar-refractivity contribution in [3.63, 3.8) is 0 Å². The minimum atomic E-state index is -0.483. The molecule has 0 radical (unpaired) electrons. The van der Waals surface area contributed by atoms with Crippen molar-refractivity contribution in [3.05, 3.63) is 87.5 Å². The van der Waals surface area contributed by atoms with E-state index in [9.17, 15) is 14.0 Å². The summed E-state index contributed by atoms with van der Waals surface area (Å²) in [6.07, 6.45) is 3.57. The van der Waals surface area contributed by atoms with Crippen molar-refractivity contribution < 1.29 is 18.7 Å². The van der Waals surface area contributed by atoms with E-state index in [1.807, 2.05) is 42.3 Å². The highest BCUT2D eigenvalue weighted by Crippen LogP contribution is 2.39. The standard InChI is InChI=1S/C31H31ClFN3O3S/c1-35-22-11-13-23(14-12-22)36(31(38)29-28(32)27-24(33)4-3-5-26(27)40-29)17-21-16-20(10-15-25(21)39-2)18-6-8-19(9-7-18)30(34)37/h3-10,15-16,22-23,35H,11-14,17H2,1-2H3,(H2,34,37)/t22-,23-. The second-order valence-corrected chi connectivity index (χ2v) is 11.5. The molecule has 40 heavy (non-hydrogen) atoms. The van der Waals surface area contributed by atoms with Crippen LogP contribution in [0.1, 0.15) is 51.3 Å². The van der Waals surface area contributed by atoms with E-state index >= 15 is 0 Å². The summed E-state index contributed by atoms with van der Waals surface area (Å²) in [5, 5.41) is 3.80. The molecule has 3 aromatic carbocycles. The molecule has 0 bridgehead atoms. The third-order valence-electron chi connectivity index (χ3n) is 7.73. The van der Waals surface area contributed by atoms with E-state index in [2.05, 4.69) is 5.32 Å². The molecule has 1 fully saturated rings. The van der Waals surface area contributed by atoms with E-state index in [4.69, 9.17) is 22.1 Å². The Hall–Kier alpha value is -3.46. The lowest BCUT2D eigenvalue weighted by Gasteiger charge is -2.37. The average molecular weight is 580 g/mol. The zero-order valence-electron chi connectivity index (χ0n) is 22.4. The van der Waals surface area contributed by atoms with E-state index in [1.165, 1.54) is 17.4 Å². The van der Waals surface area contributed by atoms with Gasteiger partial charge in [-0.05, 0) is 80.3 Å². The smallest absolute Gasteiger partial charge is 0.266 e. The lowest BCUT2D eigenvalue weighted by atomic mass is 9.89. The minimum Gasteiger partial charge on any atom is -0.496 e. The number of carbonyl (C=O) groups is 2. The van der Waals surface area contributed by atoms with Gasteiger partial charge >= 0.3 is 0 Å². The van der Waals surface area contributed by atoms with Crippen LogP contribution in [0.4, 0.5) is 4.39 Å². The number of hydrogen-bond acceptors (Lipinski definition) is 5. The molecule has 1 saturated carbocycles.